The number of ether oxygens (including phenoxy) is 1. The second-order valence-electron chi connectivity index (χ2n) is 7.13. The third-order valence-electron chi connectivity index (χ3n) is 5.19. The Labute approximate surface area is 161 Å². The summed E-state index contributed by atoms with van der Waals surface area (Å²) in [5, 5.41) is 17.5. The van der Waals surface area contributed by atoms with Crippen molar-refractivity contribution in [1.82, 2.24) is 10.6 Å². The van der Waals surface area contributed by atoms with Crippen molar-refractivity contribution in [1.29, 1.82) is 0 Å². The molecule has 27 heavy (non-hydrogen) atoms. The van der Waals surface area contributed by atoms with Gasteiger partial charge in [0.1, 0.15) is 0 Å². The van der Waals surface area contributed by atoms with Gasteiger partial charge < -0.3 is 15.4 Å². The maximum Gasteiger partial charge on any atom is 0.269 e. The normalized spacial score (nSPS) is 16.3. The zero-order valence-corrected chi connectivity index (χ0v) is 16.5. The van der Waals surface area contributed by atoms with Crippen LogP contribution >= 0.6 is 0 Å². The monoisotopic (exact) mass is 376 g/mol. The van der Waals surface area contributed by atoms with Gasteiger partial charge in [-0.15, -0.1) is 0 Å². The Morgan fingerprint density at radius 3 is 2.52 bits per heavy atom. The van der Waals surface area contributed by atoms with Crippen LogP contribution in [0.25, 0.3) is 0 Å². The molecule has 1 aromatic rings. The third kappa shape index (κ3) is 6.82. The van der Waals surface area contributed by atoms with E-state index in [0.717, 1.165) is 44.2 Å². The van der Waals surface area contributed by atoms with Crippen LogP contribution in [0.4, 0.5) is 5.69 Å². The number of nitro benzene ring substituents is 1. The molecule has 2 rings (SSSR count). The van der Waals surface area contributed by atoms with Crippen LogP contribution in [-0.2, 0) is 11.3 Å². The molecule has 7 nitrogen and oxygen atoms in total. The average molecular weight is 377 g/mol. The molecule has 1 aliphatic rings. The average Bonchev–Trinajstić information content (AvgIpc) is 3.13. The van der Waals surface area contributed by atoms with Crippen LogP contribution in [0.1, 0.15) is 51.5 Å². The fraction of sp³-hybridized carbons (Fsp3) is 0.650. The molecule has 0 atom stereocenters. The number of nitrogens with one attached hydrogen (secondary N) is 2. The van der Waals surface area contributed by atoms with Gasteiger partial charge in [-0.1, -0.05) is 25.0 Å². The third-order valence-corrected chi connectivity index (χ3v) is 5.19. The Bertz CT molecular complexity index is 610. The Hall–Kier alpha value is -2.15. The minimum atomic E-state index is -0.387. The summed E-state index contributed by atoms with van der Waals surface area (Å²) in [6.45, 7) is 7.83. The van der Waals surface area contributed by atoms with E-state index in [1.807, 2.05) is 13.8 Å². The summed E-state index contributed by atoms with van der Waals surface area (Å²) in [4.78, 5) is 15.0. The zero-order chi connectivity index (χ0) is 19.5. The van der Waals surface area contributed by atoms with Gasteiger partial charge in [0.05, 0.1) is 11.5 Å². The predicted molar refractivity (Wildman–Crippen MR) is 108 cm³/mol. The number of benzene rings is 1. The van der Waals surface area contributed by atoms with E-state index in [1.165, 1.54) is 37.8 Å². The molecule has 0 aliphatic heterocycles. The topological polar surface area (TPSA) is 88.8 Å². The van der Waals surface area contributed by atoms with Gasteiger partial charge in [0.15, 0.2) is 5.96 Å². The maximum atomic E-state index is 10.7. The highest BCUT2D eigenvalue weighted by Gasteiger charge is 2.33. The minimum Gasteiger partial charge on any atom is -0.382 e. The van der Waals surface area contributed by atoms with Gasteiger partial charge in [-0.05, 0) is 44.1 Å². The first kappa shape index (κ1) is 21.2. The number of hydrogen-bond donors (Lipinski definition) is 2. The van der Waals surface area contributed by atoms with Crippen LogP contribution in [-0.4, -0.2) is 37.2 Å². The second-order valence-corrected chi connectivity index (χ2v) is 7.13. The molecule has 0 amide bonds. The fourth-order valence-corrected chi connectivity index (χ4v) is 3.58. The number of nitrogens with zero attached hydrogens (tertiary/aromatic N) is 2. The predicted octanol–water partition coefficient (Wildman–Crippen LogP) is 3.64. The molecule has 1 fully saturated rings. The Morgan fingerprint density at radius 1 is 1.22 bits per heavy atom. The van der Waals surface area contributed by atoms with Crippen LogP contribution in [0.5, 0.6) is 0 Å². The van der Waals surface area contributed by atoms with Gasteiger partial charge in [0, 0.05) is 38.4 Å². The van der Waals surface area contributed by atoms with Crippen molar-refractivity contribution in [3.63, 3.8) is 0 Å². The highest BCUT2D eigenvalue weighted by molar-refractivity contribution is 5.79. The van der Waals surface area contributed by atoms with Crippen molar-refractivity contribution in [3.8, 4) is 0 Å². The summed E-state index contributed by atoms with van der Waals surface area (Å²) in [6.07, 6.45) is 6.10. The van der Waals surface area contributed by atoms with E-state index in [-0.39, 0.29) is 10.6 Å². The van der Waals surface area contributed by atoms with E-state index in [4.69, 9.17) is 4.74 Å². The zero-order valence-electron chi connectivity index (χ0n) is 16.5. The van der Waals surface area contributed by atoms with Gasteiger partial charge in [0.2, 0.25) is 0 Å². The summed E-state index contributed by atoms with van der Waals surface area (Å²) in [5.41, 5.74) is 1.34. The minimum absolute atomic E-state index is 0.102. The molecular formula is C20H32N4O3. The Morgan fingerprint density at radius 2 is 1.93 bits per heavy atom. The van der Waals surface area contributed by atoms with E-state index in [0.29, 0.717) is 12.0 Å². The molecule has 0 aromatic heterocycles. The van der Waals surface area contributed by atoms with Crippen LogP contribution in [0.3, 0.4) is 0 Å². The van der Waals surface area contributed by atoms with Gasteiger partial charge >= 0.3 is 0 Å². The van der Waals surface area contributed by atoms with E-state index in [1.54, 1.807) is 12.1 Å². The number of aliphatic imine (C=N–C) groups is 1. The SMILES string of the molecule is CCNC(=NCc1ccc([N+](=O)[O-])cc1)NCC1(CCOCC)CCCC1. The van der Waals surface area contributed by atoms with E-state index >= 15 is 0 Å². The first-order valence-electron chi connectivity index (χ1n) is 9.92. The van der Waals surface area contributed by atoms with Gasteiger partial charge in [0.25, 0.3) is 5.69 Å². The van der Waals surface area contributed by atoms with Crippen LogP contribution in [0.2, 0.25) is 0 Å². The molecule has 1 aromatic carbocycles. The van der Waals surface area contributed by atoms with Crippen molar-refractivity contribution in [2.45, 2.75) is 52.5 Å². The van der Waals surface area contributed by atoms with E-state index < -0.39 is 0 Å². The molecule has 0 spiro atoms. The Balaban J connectivity index is 1.94. The summed E-state index contributed by atoms with van der Waals surface area (Å²) in [7, 11) is 0. The van der Waals surface area contributed by atoms with Crippen LogP contribution < -0.4 is 10.6 Å². The molecular weight excluding hydrogens is 344 g/mol. The maximum absolute atomic E-state index is 10.7. The van der Waals surface area contributed by atoms with Crippen molar-refractivity contribution in [3.05, 3.63) is 39.9 Å². The lowest BCUT2D eigenvalue weighted by Crippen LogP contribution is -2.43. The summed E-state index contributed by atoms with van der Waals surface area (Å²) >= 11 is 0. The lowest BCUT2D eigenvalue weighted by molar-refractivity contribution is -0.384. The van der Waals surface area contributed by atoms with Gasteiger partial charge in [-0.25, -0.2) is 4.99 Å². The molecule has 0 saturated heterocycles. The van der Waals surface area contributed by atoms with Gasteiger partial charge in [-0.3, -0.25) is 10.1 Å². The number of rotatable bonds is 10. The molecule has 1 aliphatic carbocycles. The summed E-state index contributed by atoms with van der Waals surface area (Å²) < 4.78 is 5.58. The molecule has 0 heterocycles. The lowest BCUT2D eigenvalue weighted by Gasteiger charge is -2.30. The smallest absolute Gasteiger partial charge is 0.269 e. The molecule has 1 saturated carbocycles. The molecule has 2 N–H and O–H groups in total. The summed E-state index contributed by atoms with van der Waals surface area (Å²) in [6, 6.07) is 6.55. The number of non-ortho nitro benzene ring substituents is 1. The molecule has 150 valence electrons. The first-order chi connectivity index (χ1) is 13.1. The standard InChI is InChI=1S/C20H32N4O3/c1-3-21-19(22-15-17-7-9-18(10-8-17)24(25)26)23-16-20(11-5-6-12-20)13-14-27-4-2/h7-10H,3-6,11-16H2,1-2H3,(H2,21,22,23). The number of nitro groups is 1. The molecule has 0 radical (unpaired) electrons. The van der Waals surface area contributed by atoms with Crippen molar-refractivity contribution >= 4 is 11.6 Å². The number of guanidine groups is 1. The first-order valence-corrected chi connectivity index (χ1v) is 9.92. The van der Waals surface area contributed by atoms with Crippen molar-refractivity contribution in [2.24, 2.45) is 10.4 Å². The largest absolute Gasteiger partial charge is 0.382 e. The van der Waals surface area contributed by atoms with Crippen molar-refractivity contribution in [2.75, 3.05) is 26.3 Å². The van der Waals surface area contributed by atoms with E-state index in [2.05, 4.69) is 15.6 Å². The Kier molecular flexibility index (Phi) is 8.51. The highest BCUT2D eigenvalue weighted by atomic mass is 16.6. The van der Waals surface area contributed by atoms with Crippen LogP contribution in [0.15, 0.2) is 29.3 Å². The van der Waals surface area contributed by atoms with Crippen molar-refractivity contribution < 1.29 is 9.66 Å². The van der Waals surface area contributed by atoms with Gasteiger partial charge in [-0.2, -0.15) is 0 Å². The second kappa shape index (κ2) is 10.9. The van der Waals surface area contributed by atoms with E-state index in [9.17, 15) is 10.1 Å². The highest BCUT2D eigenvalue weighted by Crippen LogP contribution is 2.40. The molecule has 7 heteroatoms. The molecule has 0 bridgehead atoms. The summed E-state index contributed by atoms with van der Waals surface area (Å²) in [5.74, 6) is 0.790. The van der Waals surface area contributed by atoms with Crippen LogP contribution in [0, 0.1) is 15.5 Å². The molecule has 0 unspecified atom stereocenters. The quantitative estimate of drug-likeness (QED) is 0.214. The fourth-order valence-electron chi connectivity index (χ4n) is 3.58. The number of hydrogen-bond acceptors (Lipinski definition) is 4. The lowest BCUT2D eigenvalue weighted by atomic mass is 9.83.